The summed E-state index contributed by atoms with van der Waals surface area (Å²) in [5.41, 5.74) is 6.69. The summed E-state index contributed by atoms with van der Waals surface area (Å²) in [6, 6.07) is 9.46. The fourth-order valence-corrected chi connectivity index (χ4v) is 5.00. The molecule has 38 heavy (non-hydrogen) atoms. The van der Waals surface area contributed by atoms with Crippen LogP contribution in [0.15, 0.2) is 42.7 Å². The van der Waals surface area contributed by atoms with Crippen LogP contribution >= 0.6 is 11.6 Å². The molecule has 1 aromatic carbocycles. The van der Waals surface area contributed by atoms with Gasteiger partial charge in [0.1, 0.15) is 24.3 Å². The smallest absolute Gasteiger partial charge is 0.163 e. The molecule has 1 aliphatic rings. The number of benzene rings is 1. The van der Waals surface area contributed by atoms with Crippen molar-refractivity contribution in [3.8, 4) is 28.5 Å². The second kappa shape index (κ2) is 11.1. The minimum Gasteiger partial charge on any atom is -0.491 e. The molecule has 3 aromatic heterocycles. The van der Waals surface area contributed by atoms with Crippen molar-refractivity contribution < 1.29 is 9.84 Å². The largest absolute Gasteiger partial charge is 0.491 e. The number of nitrogens with zero attached hydrogens (tertiary/aromatic N) is 6. The van der Waals surface area contributed by atoms with Gasteiger partial charge in [0.25, 0.3) is 0 Å². The van der Waals surface area contributed by atoms with E-state index in [1.54, 1.807) is 19.2 Å². The Morgan fingerprint density at radius 3 is 2.79 bits per heavy atom. The molecule has 0 amide bonds. The van der Waals surface area contributed by atoms with E-state index in [9.17, 15) is 5.11 Å². The van der Waals surface area contributed by atoms with Crippen molar-refractivity contribution in [3.63, 3.8) is 0 Å². The molecule has 0 bridgehead atoms. The quantitative estimate of drug-likeness (QED) is 0.330. The Labute approximate surface area is 227 Å². The molecule has 2 N–H and O–H groups in total. The van der Waals surface area contributed by atoms with Crippen LogP contribution in [-0.4, -0.2) is 56.1 Å². The highest BCUT2D eigenvalue weighted by molar-refractivity contribution is 6.33. The Bertz CT molecular complexity index is 1430. The zero-order valence-corrected chi connectivity index (χ0v) is 22.8. The third-order valence-electron chi connectivity index (χ3n) is 6.71. The lowest BCUT2D eigenvalue weighted by molar-refractivity contribution is 0.108. The molecule has 0 saturated carbocycles. The summed E-state index contributed by atoms with van der Waals surface area (Å²) in [7, 11) is 1.79. The summed E-state index contributed by atoms with van der Waals surface area (Å²) in [5, 5.41) is 18.1. The Kier molecular flexibility index (Phi) is 7.60. The van der Waals surface area contributed by atoms with E-state index >= 15 is 0 Å². The van der Waals surface area contributed by atoms with E-state index in [-0.39, 0.29) is 6.61 Å². The van der Waals surface area contributed by atoms with Crippen molar-refractivity contribution in [2.45, 2.75) is 46.5 Å². The topological polar surface area (TPSA) is 101 Å². The maximum atomic E-state index is 10.1. The first-order valence-electron chi connectivity index (χ1n) is 12.7. The molecule has 0 spiro atoms. The number of aliphatic hydroxyl groups is 1. The van der Waals surface area contributed by atoms with Crippen molar-refractivity contribution in [1.29, 1.82) is 0 Å². The number of halogens is 1. The molecule has 0 unspecified atom stereocenters. The fraction of sp³-hybridized carbons (Fsp3) is 0.357. The lowest BCUT2D eigenvalue weighted by Crippen LogP contribution is -2.29. The first-order chi connectivity index (χ1) is 18.4. The number of fused-ring (bicyclic) bond motifs is 1. The van der Waals surface area contributed by atoms with E-state index in [0.717, 1.165) is 40.6 Å². The minimum absolute atomic E-state index is 0.154. The van der Waals surface area contributed by atoms with Gasteiger partial charge in [0.05, 0.1) is 34.8 Å². The average Bonchev–Trinajstić information content (AvgIpc) is 3.51. The molecule has 5 rings (SSSR count). The average molecular weight is 534 g/mol. The molecule has 1 aliphatic heterocycles. The highest BCUT2D eigenvalue weighted by atomic mass is 35.5. The SMILES string of the molecule is CCn1ncc(C)c1-c1nc(-c2cc(OC[C@H](O)CNC)ccc2Cl)nc(N2Cc3cccnc3C2)c1C. The van der Waals surface area contributed by atoms with Crippen molar-refractivity contribution in [1.82, 2.24) is 30.0 Å². The number of aliphatic hydroxyl groups excluding tert-OH is 1. The summed E-state index contributed by atoms with van der Waals surface area (Å²) in [6.45, 7) is 8.86. The van der Waals surface area contributed by atoms with E-state index in [1.165, 1.54) is 5.56 Å². The van der Waals surface area contributed by atoms with Crippen LogP contribution in [0.5, 0.6) is 5.75 Å². The van der Waals surface area contributed by atoms with Gasteiger partial charge in [-0.2, -0.15) is 5.10 Å². The van der Waals surface area contributed by atoms with Crippen LogP contribution in [0.2, 0.25) is 5.02 Å². The van der Waals surface area contributed by atoms with E-state index in [4.69, 9.17) is 26.3 Å². The highest BCUT2D eigenvalue weighted by Crippen LogP contribution is 2.38. The Morgan fingerprint density at radius 2 is 2.03 bits per heavy atom. The van der Waals surface area contributed by atoms with Crippen molar-refractivity contribution in [3.05, 3.63) is 70.1 Å². The van der Waals surface area contributed by atoms with Gasteiger partial charge in [-0.1, -0.05) is 17.7 Å². The van der Waals surface area contributed by atoms with Crippen LogP contribution < -0.4 is 15.0 Å². The second-order valence-corrected chi connectivity index (χ2v) is 9.87. The van der Waals surface area contributed by atoms with Crippen LogP contribution in [0.3, 0.4) is 0 Å². The standard InChI is InChI=1S/C28H32ClN7O2/c1-5-36-26(17(2)12-32-36)25-18(3)28(35-14-19-7-6-10-31-24(19)15-35)34-27(33-25)22-11-21(8-9-23(22)29)38-16-20(37)13-30-4/h6-12,20,30,37H,5,13-16H2,1-4H3/t20-/m1/s1. The number of aromatic nitrogens is 5. The van der Waals surface area contributed by atoms with Gasteiger partial charge in [-0.25, -0.2) is 9.97 Å². The Balaban J connectivity index is 1.61. The minimum atomic E-state index is -0.629. The normalized spacial score (nSPS) is 13.6. The molecule has 10 heteroatoms. The molecule has 198 valence electrons. The molecular weight excluding hydrogens is 502 g/mol. The number of ether oxygens (including phenoxy) is 1. The molecule has 0 radical (unpaired) electrons. The summed E-state index contributed by atoms with van der Waals surface area (Å²) in [6.07, 6.45) is 3.07. The monoisotopic (exact) mass is 533 g/mol. The molecule has 4 aromatic rings. The second-order valence-electron chi connectivity index (χ2n) is 9.47. The van der Waals surface area contributed by atoms with E-state index in [2.05, 4.69) is 40.2 Å². The predicted octanol–water partition coefficient (Wildman–Crippen LogP) is 4.17. The van der Waals surface area contributed by atoms with E-state index in [0.29, 0.717) is 41.8 Å². The van der Waals surface area contributed by atoms with Gasteiger partial charge in [0, 0.05) is 37.0 Å². The van der Waals surface area contributed by atoms with Crippen molar-refractivity contribution in [2.24, 2.45) is 0 Å². The number of nitrogens with one attached hydrogen (secondary N) is 1. The van der Waals surface area contributed by atoms with Crippen molar-refractivity contribution >= 4 is 17.4 Å². The number of pyridine rings is 1. The lowest BCUT2D eigenvalue weighted by atomic mass is 10.1. The van der Waals surface area contributed by atoms with Gasteiger partial charge in [0.2, 0.25) is 0 Å². The van der Waals surface area contributed by atoms with Crippen LogP contribution in [0.4, 0.5) is 5.82 Å². The van der Waals surface area contributed by atoms with Crippen molar-refractivity contribution in [2.75, 3.05) is 25.1 Å². The number of anilines is 1. The predicted molar refractivity (Wildman–Crippen MR) is 148 cm³/mol. The Morgan fingerprint density at radius 1 is 1.18 bits per heavy atom. The number of rotatable bonds is 9. The maximum absolute atomic E-state index is 10.1. The number of hydrogen-bond donors (Lipinski definition) is 2. The summed E-state index contributed by atoms with van der Waals surface area (Å²) in [5.74, 6) is 1.91. The van der Waals surface area contributed by atoms with Gasteiger partial charge in [-0.15, -0.1) is 0 Å². The molecular formula is C28H32ClN7O2. The highest BCUT2D eigenvalue weighted by Gasteiger charge is 2.27. The van der Waals surface area contributed by atoms with Crippen LogP contribution in [0.1, 0.15) is 29.3 Å². The zero-order valence-electron chi connectivity index (χ0n) is 22.1. The van der Waals surface area contributed by atoms with Gasteiger partial charge >= 0.3 is 0 Å². The van der Waals surface area contributed by atoms with Crippen LogP contribution in [0.25, 0.3) is 22.8 Å². The summed E-state index contributed by atoms with van der Waals surface area (Å²) >= 11 is 6.70. The summed E-state index contributed by atoms with van der Waals surface area (Å²) < 4.78 is 7.82. The third-order valence-corrected chi connectivity index (χ3v) is 7.04. The Hall–Kier alpha value is -3.53. The number of aryl methyl sites for hydroxylation is 2. The molecule has 9 nitrogen and oxygen atoms in total. The number of hydrogen-bond acceptors (Lipinski definition) is 8. The fourth-order valence-electron chi connectivity index (χ4n) is 4.79. The first-order valence-corrected chi connectivity index (χ1v) is 13.1. The third kappa shape index (κ3) is 5.09. The van der Waals surface area contributed by atoms with Gasteiger partial charge in [0.15, 0.2) is 5.82 Å². The van der Waals surface area contributed by atoms with Crippen LogP contribution in [0, 0.1) is 13.8 Å². The lowest BCUT2D eigenvalue weighted by Gasteiger charge is -2.22. The molecule has 0 aliphatic carbocycles. The maximum Gasteiger partial charge on any atom is 0.163 e. The van der Waals surface area contributed by atoms with Gasteiger partial charge in [-0.05, 0) is 63.2 Å². The number of likely N-dealkylation sites (N-methyl/N-ethyl adjacent to an activating group) is 1. The van der Waals surface area contributed by atoms with Crippen LogP contribution in [-0.2, 0) is 19.6 Å². The van der Waals surface area contributed by atoms with E-state index in [1.807, 2.05) is 36.1 Å². The van der Waals surface area contributed by atoms with Gasteiger partial charge in [-0.3, -0.25) is 9.67 Å². The zero-order chi connectivity index (χ0) is 26.8. The first kappa shape index (κ1) is 26.1. The molecule has 0 saturated heterocycles. The molecule has 4 heterocycles. The molecule has 1 atom stereocenters. The van der Waals surface area contributed by atoms with Gasteiger partial charge < -0.3 is 20.1 Å². The molecule has 0 fully saturated rings. The van der Waals surface area contributed by atoms with E-state index < -0.39 is 6.10 Å². The summed E-state index contributed by atoms with van der Waals surface area (Å²) in [4.78, 5) is 16.9.